The largest absolute Gasteiger partial charge is 0.416 e. The van der Waals surface area contributed by atoms with Crippen LogP contribution < -0.4 is 10.6 Å². The zero-order chi connectivity index (χ0) is 20.9. The molecule has 0 fully saturated rings. The van der Waals surface area contributed by atoms with Crippen molar-refractivity contribution in [1.29, 1.82) is 0 Å². The van der Waals surface area contributed by atoms with Gasteiger partial charge in [-0.1, -0.05) is 6.07 Å². The molecule has 1 aromatic carbocycles. The van der Waals surface area contributed by atoms with E-state index >= 15 is 0 Å². The summed E-state index contributed by atoms with van der Waals surface area (Å²) in [6.45, 7) is 2.19. The van der Waals surface area contributed by atoms with Crippen molar-refractivity contribution < 1.29 is 18.3 Å². The van der Waals surface area contributed by atoms with Crippen LogP contribution in [-0.2, 0) is 6.18 Å². The van der Waals surface area contributed by atoms with Crippen LogP contribution in [0.25, 0.3) is 11.3 Å². The number of rotatable bonds is 7. The summed E-state index contributed by atoms with van der Waals surface area (Å²) >= 11 is 0. The molecule has 0 spiro atoms. The van der Waals surface area contributed by atoms with E-state index in [1.54, 1.807) is 37.5 Å². The van der Waals surface area contributed by atoms with Gasteiger partial charge in [-0.15, -0.1) is 0 Å². The smallest absolute Gasteiger partial charge is 0.396 e. The fraction of sp³-hybridized carbons (Fsp3) is 0.250. The summed E-state index contributed by atoms with van der Waals surface area (Å²) in [7, 11) is 0. The lowest BCUT2D eigenvalue weighted by atomic mass is 10.1. The Kier molecular flexibility index (Phi) is 6.28. The molecule has 0 bridgehead atoms. The molecule has 0 unspecified atom stereocenters. The van der Waals surface area contributed by atoms with Crippen molar-refractivity contribution in [3.63, 3.8) is 0 Å². The molecule has 6 nitrogen and oxygen atoms in total. The molecule has 0 atom stereocenters. The number of benzene rings is 1. The maximum Gasteiger partial charge on any atom is 0.416 e. The van der Waals surface area contributed by atoms with E-state index in [0.29, 0.717) is 41.7 Å². The van der Waals surface area contributed by atoms with Gasteiger partial charge >= 0.3 is 6.18 Å². The number of aryl methyl sites for hydroxylation is 1. The third-order valence-electron chi connectivity index (χ3n) is 4.15. The Hall–Kier alpha value is -3.20. The normalized spacial score (nSPS) is 11.3. The minimum absolute atomic E-state index is 0.0194. The molecule has 0 amide bonds. The van der Waals surface area contributed by atoms with Gasteiger partial charge in [-0.3, -0.25) is 4.98 Å². The number of aliphatic hydroxyl groups excluding tert-OH is 1. The highest BCUT2D eigenvalue weighted by molar-refractivity contribution is 5.68. The van der Waals surface area contributed by atoms with Crippen LogP contribution in [0, 0.1) is 6.92 Å². The fourth-order valence-electron chi connectivity index (χ4n) is 2.61. The van der Waals surface area contributed by atoms with Crippen molar-refractivity contribution in [3.8, 4) is 11.3 Å². The first-order chi connectivity index (χ1) is 13.9. The topological polar surface area (TPSA) is 83.0 Å². The summed E-state index contributed by atoms with van der Waals surface area (Å²) in [6.07, 6.45) is -0.673. The molecule has 0 aliphatic rings. The average Bonchev–Trinajstić information content (AvgIpc) is 2.69. The summed E-state index contributed by atoms with van der Waals surface area (Å²) in [5.74, 6) is 0.653. The van der Waals surface area contributed by atoms with Crippen molar-refractivity contribution in [2.45, 2.75) is 19.5 Å². The van der Waals surface area contributed by atoms with Gasteiger partial charge < -0.3 is 15.7 Å². The van der Waals surface area contributed by atoms with Gasteiger partial charge in [-0.2, -0.15) is 18.2 Å². The Morgan fingerprint density at radius 3 is 2.48 bits per heavy atom. The number of nitrogens with zero attached hydrogens (tertiary/aromatic N) is 3. The van der Waals surface area contributed by atoms with Crippen molar-refractivity contribution in [2.75, 3.05) is 23.8 Å². The van der Waals surface area contributed by atoms with Crippen LogP contribution in [0.2, 0.25) is 0 Å². The molecular weight excluding hydrogens is 383 g/mol. The van der Waals surface area contributed by atoms with Crippen molar-refractivity contribution >= 4 is 17.5 Å². The van der Waals surface area contributed by atoms with E-state index in [4.69, 9.17) is 5.11 Å². The number of aliphatic hydroxyl groups is 1. The standard InChI is InChI=1S/C20H20F3N5O/c1-13-3-4-15(20(21,22)23)11-16(13)26-18-12-17(14-5-8-24-9-6-14)27-19(28-18)25-7-2-10-29/h3-6,8-9,11-12,29H,2,7,10H2,1H3,(H2,25,26,27,28). The third kappa shape index (κ3) is 5.41. The predicted molar refractivity (Wildman–Crippen MR) is 105 cm³/mol. The van der Waals surface area contributed by atoms with Crippen LogP contribution in [0.4, 0.5) is 30.6 Å². The van der Waals surface area contributed by atoms with Gasteiger partial charge in [-0.05, 0) is 43.2 Å². The molecule has 29 heavy (non-hydrogen) atoms. The zero-order valence-electron chi connectivity index (χ0n) is 15.7. The lowest BCUT2D eigenvalue weighted by Crippen LogP contribution is -2.09. The lowest BCUT2D eigenvalue weighted by Gasteiger charge is -2.15. The van der Waals surface area contributed by atoms with Crippen LogP contribution in [0.3, 0.4) is 0 Å². The van der Waals surface area contributed by atoms with E-state index in [0.717, 1.165) is 17.7 Å². The zero-order valence-corrected chi connectivity index (χ0v) is 15.7. The average molecular weight is 403 g/mol. The van der Waals surface area contributed by atoms with Gasteiger partial charge in [0.25, 0.3) is 0 Å². The van der Waals surface area contributed by atoms with Crippen molar-refractivity contribution in [1.82, 2.24) is 15.0 Å². The first-order valence-electron chi connectivity index (χ1n) is 8.96. The molecule has 0 aliphatic carbocycles. The van der Waals surface area contributed by atoms with Gasteiger partial charge in [0.2, 0.25) is 5.95 Å². The summed E-state index contributed by atoms with van der Waals surface area (Å²) in [4.78, 5) is 12.8. The van der Waals surface area contributed by atoms with E-state index in [9.17, 15) is 13.2 Å². The second-order valence-corrected chi connectivity index (χ2v) is 6.35. The highest BCUT2D eigenvalue weighted by Crippen LogP contribution is 2.33. The van der Waals surface area contributed by atoms with Gasteiger partial charge in [0.15, 0.2) is 0 Å². The van der Waals surface area contributed by atoms with Crippen molar-refractivity contribution in [2.24, 2.45) is 0 Å². The fourth-order valence-corrected chi connectivity index (χ4v) is 2.61. The molecule has 152 valence electrons. The quantitative estimate of drug-likeness (QED) is 0.507. The molecule has 9 heteroatoms. The number of nitrogens with one attached hydrogen (secondary N) is 2. The first-order valence-corrected chi connectivity index (χ1v) is 8.96. The van der Waals surface area contributed by atoms with E-state index in [1.165, 1.54) is 6.07 Å². The van der Waals surface area contributed by atoms with Crippen molar-refractivity contribution in [3.05, 3.63) is 59.9 Å². The van der Waals surface area contributed by atoms with Crippen LogP contribution in [-0.4, -0.2) is 33.2 Å². The highest BCUT2D eigenvalue weighted by Gasteiger charge is 2.30. The van der Waals surface area contributed by atoms with Crippen LogP contribution in [0.5, 0.6) is 0 Å². The molecule has 2 aromatic heterocycles. The molecule has 0 saturated carbocycles. The summed E-state index contributed by atoms with van der Waals surface area (Å²) in [5, 5.41) is 14.9. The van der Waals surface area contributed by atoms with E-state index in [-0.39, 0.29) is 6.61 Å². The SMILES string of the molecule is Cc1ccc(C(F)(F)F)cc1Nc1cc(-c2ccncc2)nc(NCCCO)n1. The second-order valence-electron chi connectivity index (χ2n) is 6.35. The molecule has 3 rings (SSSR count). The number of anilines is 3. The lowest BCUT2D eigenvalue weighted by molar-refractivity contribution is -0.137. The van der Waals surface area contributed by atoms with E-state index in [2.05, 4.69) is 25.6 Å². The summed E-state index contributed by atoms with van der Waals surface area (Å²) in [5.41, 5.74) is 1.59. The maximum atomic E-state index is 13.1. The number of pyridine rings is 1. The molecular formula is C20H20F3N5O. The number of halogens is 3. The van der Waals surface area contributed by atoms with E-state index < -0.39 is 11.7 Å². The molecule has 3 aromatic rings. The Balaban J connectivity index is 1.97. The number of aromatic nitrogens is 3. The van der Waals surface area contributed by atoms with Gasteiger partial charge in [0, 0.05) is 42.9 Å². The third-order valence-corrected chi connectivity index (χ3v) is 4.15. The molecule has 0 aliphatic heterocycles. The number of hydrogen-bond acceptors (Lipinski definition) is 6. The maximum absolute atomic E-state index is 13.1. The van der Waals surface area contributed by atoms with Gasteiger partial charge in [-0.25, -0.2) is 4.98 Å². The molecule has 3 N–H and O–H groups in total. The minimum atomic E-state index is -4.44. The Bertz CT molecular complexity index is 964. The monoisotopic (exact) mass is 403 g/mol. The summed E-state index contributed by atoms with van der Waals surface area (Å²) in [6, 6.07) is 8.73. The first kappa shape index (κ1) is 20.5. The van der Waals surface area contributed by atoms with Crippen LogP contribution in [0.15, 0.2) is 48.8 Å². The molecule has 2 heterocycles. The predicted octanol–water partition coefficient (Wildman–Crippen LogP) is 4.40. The Morgan fingerprint density at radius 1 is 1.03 bits per heavy atom. The van der Waals surface area contributed by atoms with Gasteiger partial charge in [0.1, 0.15) is 5.82 Å². The second kappa shape index (κ2) is 8.87. The molecule has 0 saturated heterocycles. The van der Waals surface area contributed by atoms with Gasteiger partial charge in [0.05, 0.1) is 11.3 Å². The highest BCUT2D eigenvalue weighted by atomic mass is 19.4. The van der Waals surface area contributed by atoms with Crippen LogP contribution in [0.1, 0.15) is 17.5 Å². The number of alkyl halides is 3. The Labute approximate surface area is 165 Å². The summed E-state index contributed by atoms with van der Waals surface area (Å²) < 4.78 is 39.2. The minimum Gasteiger partial charge on any atom is -0.396 e. The molecule has 0 radical (unpaired) electrons. The van der Waals surface area contributed by atoms with Crippen LogP contribution >= 0.6 is 0 Å². The van der Waals surface area contributed by atoms with E-state index in [1.807, 2.05) is 0 Å². The Morgan fingerprint density at radius 2 is 1.79 bits per heavy atom. The number of hydrogen-bond donors (Lipinski definition) is 3.